The van der Waals surface area contributed by atoms with Crippen molar-refractivity contribution < 1.29 is 24.0 Å². The van der Waals surface area contributed by atoms with Crippen LogP contribution in [0.1, 0.15) is 0 Å². The topological polar surface area (TPSA) is 221 Å². The van der Waals surface area contributed by atoms with Gasteiger partial charge in [-0.2, -0.15) is 0 Å². The Morgan fingerprint density at radius 1 is 0.567 bits per heavy atom. The van der Waals surface area contributed by atoms with Gasteiger partial charge in [-0.05, 0) is 0 Å². The van der Waals surface area contributed by atoms with Crippen molar-refractivity contribution in [3.05, 3.63) is 0 Å². The number of nitrogens with two attached hydrogens (primary N) is 3. The van der Waals surface area contributed by atoms with Crippen LogP contribution >= 0.6 is 0 Å². The number of nitrogens with zero attached hydrogens (tertiary/aromatic N) is 3. The molecule has 0 aromatic carbocycles. The van der Waals surface area contributed by atoms with Crippen LogP contribution in [0.5, 0.6) is 0 Å². The van der Waals surface area contributed by atoms with Gasteiger partial charge in [0.2, 0.25) is 0 Å². The molecule has 0 aliphatic rings. The molecule has 0 bridgehead atoms. The summed E-state index contributed by atoms with van der Waals surface area (Å²) < 4.78 is 0. The lowest BCUT2D eigenvalue weighted by molar-refractivity contribution is 0.191. The van der Waals surface area contributed by atoms with Crippen molar-refractivity contribution in [3.63, 3.8) is 0 Å². The van der Waals surface area contributed by atoms with Crippen LogP contribution in [0, 0.1) is 0 Å². The van der Waals surface area contributed by atoms with Crippen molar-refractivity contribution in [2.24, 2.45) is 17.2 Å². The molecule has 0 heterocycles. The molecular weight excluding hydrogens is 400 g/mol. The van der Waals surface area contributed by atoms with Crippen LogP contribution in [0.3, 0.4) is 0 Å². The predicted molar refractivity (Wildman–Crippen MR) is 117 cm³/mol. The molecule has 0 fully saturated rings. The predicted octanol–water partition coefficient (Wildman–Crippen LogP) is -2.03. The number of primary amides is 3. The molecule has 0 aromatic heterocycles. The minimum Gasteiger partial charge on any atom is -0.352 e. The van der Waals surface area contributed by atoms with Gasteiger partial charge in [0, 0.05) is 70.5 Å². The van der Waals surface area contributed by atoms with E-state index in [0.29, 0.717) is 0 Å². The van der Waals surface area contributed by atoms with E-state index in [0.717, 1.165) is 0 Å². The molecule has 0 rings (SSSR count). The molecule has 10 N–H and O–H groups in total. The lowest BCUT2D eigenvalue weighted by Crippen LogP contribution is -2.33. The highest BCUT2D eigenvalue weighted by molar-refractivity contribution is 5.73. The second kappa shape index (κ2) is 25.3. The third-order valence-corrected chi connectivity index (χ3v) is 2.09. The van der Waals surface area contributed by atoms with Crippen LogP contribution in [0.4, 0.5) is 24.0 Å². The fraction of sp³-hybridized carbons (Fsp3) is 0.667. The Morgan fingerprint density at radius 2 is 0.833 bits per heavy atom. The molecule has 0 atom stereocenters. The van der Waals surface area contributed by atoms with Crippen molar-refractivity contribution in [1.29, 1.82) is 0 Å². The van der Waals surface area contributed by atoms with Crippen molar-refractivity contribution >= 4 is 30.2 Å². The summed E-state index contributed by atoms with van der Waals surface area (Å²) in [5.41, 5.74) is 13.0. The highest BCUT2D eigenvalue weighted by atomic mass is 16.2. The SMILES string of the molecule is CN(C)C(=O)N(C)C.CNC(=O)N(C)C.CNC(=O)NC.CNC(N)=O.NC(N)=O. The lowest BCUT2D eigenvalue weighted by Gasteiger charge is -2.16. The van der Waals surface area contributed by atoms with E-state index in [1.165, 1.54) is 21.7 Å². The number of hydrogen-bond donors (Lipinski definition) is 7. The number of amides is 10. The van der Waals surface area contributed by atoms with Gasteiger partial charge in [-0.25, -0.2) is 24.0 Å². The first kappa shape index (κ1) is 37.1. The highest BCUT2D eigenvalue weighted by Gasteiger charge is 2.02. The maximum Gasteiger partial charge on any atom is 0.318 e. The zero-order valence-corrected chi connectivity index (χ0v) is 19.6. The number of carbonyl (C=O) groups is 5. The third-order valence-electron chi connectivity index (χ3n) is 2.09. The molecule has 0 saturated heterocycles. The van der Waals surface area contributed by atoms with Gasteiger partial charge >= 0.3 is 30.2 Å². The summed E-state index contributed by atoms with van der Waals surface area (Å²) in [5.74, 6) is 0. The number of carbonyl (C=O) groups excluding carboxylic acids is 5. The molecule has 0 aliphatic carbocycles. The first-order chi connectivity index (χ1) is 13.5. The Hall–Kier alpha value is -3.65. The van der Waals surface area contributed by atoms with E-state index in [4.69, 9.17) is 4.79 Å². The Bertz CT molecular complexity index is 464. The van der Waals surface area contributed by atoms with E-state index in [1.54, 1.807) is 63.4 Å². The Kier molecular flexibility index (Phi) is 31.4. The van der Waals surface area contributed by atoms with Gasteiger partial charge in [-0.3, -0.25) is 0 Å². The molecule has 0 aliphatic heterocycles. The summed E-state index contributed by atoms with van der Waals surface area (Å²) in [6.45, 7) is 0. The van der Waals surface area contributed by atoms with Crippen LogP contribution in [0.25, 0.3) is 0 Å². The first-order valence-electron chi connectivity index (χ1n) is 8.24. The van der Waals surface area contributed by atoms with Gasteiger partial charge in [0.1, 0.15) is 0 Å². The summed E-state index contributed by atoms with van der Waals surface area (Å²) in [6.07, 6.45) is 0. The molecular formula is C15H40N10O5. The van der Waals surface area contributed by atoms with Crippen LogP contribution in [-0.4, -0.2) is 115 Å². The van der Waals surface area contributed by atoms with Gasteiger partial charge in [-0.15, -0.1) is 0 Å². The van der Waals surface area contributed by atoms with Crippen LogP contribution in [-0.2, 0) is 0 Å². The first-order valence-corrected chi connectivity index (χ1v) is 8.24. The fourth-order valence-corrected chi connectivity index (χ4v) is 0.749. The summed E-state index contributed by atoms with van der Waals surface area (Å²) in [7, 11) is 16.5. The molecule has 0 aromatic rings. The smallest absolute Gasteiger partial charge is 0.318 e. The average molecular weight is 441 g/mol. The molecule has 15 nitrogen and oxygen atoms in total. The monoisotopic (exact) mass is 440 g/mol. The standard InChI is InChI=1S/C5H12N2O.C4H10N2O.C3H8N2O.C2H6N2O.CH4N2O/c1-6(2)5(8)7(3)4;1-5-4(7)6(2)3;1-4-3(6)5-2;1-4-2(3)5;2-1(3)4/h1-4H3;1-3H3,(H,5,7);1-2H3,(H2,4,5,6);1H3,(H3,3,4,5);(H4,2,3,4). The Balaban J connectivity index is -0.0000000886. The molecule has 0 spiro atoms. The van der Waals surface area contributed by atoms with Crippen LogP contribution in [0.15, 0.2) is 0 Å². The number of urea groups is 5. The minimum atomic E-state index is -0.833. The second-order valence-corrected chi connectivity index (χ2v) is 5.37. The van der Waals surface area contributed by atoms with E-state index < -0.39 is 12.1 Å². The summed E-state index contributed by atoms with van der Waals surface area (Å²) in [6, 6.07) is -1.54. The maximum atomic E-state index is 10.7. The molecule has 30 heavy (non-hydrogen) atoms. The summed E-state index contributed by atoms with van der Waals surface area (Å²) in [5, 5.41) is 9.35. The van der Waals surface area contributed by atoms with E-state index in [-0.39, 0.29) is 18.1 Å². The number of nitrogens with one attached hydrogen (secondary N) is 4. The molecule has 0 saturated carbocycles. The highest BCUT2D eigenvalue weighted by Crippen LogP contribution is 1.83. The largest absolute Gasteiger partial charge is 0.352 e. The molecule has 10 amide bonds. The van der Waals surface area contributed by atoms with Crippen molar-refractivity contribution in [2.45, 2.75) is 0 Å². The summed E-state index contributed by atoms with van der Waals surface area (Å²) in [4.78, 5) is 54.0. The van der Waals surface area contributed by atoms with Crippen molar-refractivity contribution in [2.75, 3.05) is 70.5 Å². The zero-order chi connectivity index (χ0) is 25.4. The average Bonchev–Trinajstić information content (AvgIpc) is 2.66. The van der Waals surface area contributed by atoms with Gasteiger partial charge in [0.15, 0.2) is 0 Å². The quantitative estimate of drug-likeness (QED) is 0.226. The normalized spacial score (nSPS) is 7.40. The van der Waals surface area contributed by atoms with Crippen molar-refractivity contribution in [1.82, 2.24) is 36.0 Å². The molecule has 0 unspecified atom stereocenters. The summed E-state index contributed by atoms with van der Waals surface area (Å²) >= 11 is 0. The van der Waals surface area contributed by atoms with E-state index in [1.807, 2.05) is 0 Å². The van der Waals surface area contributed by atoms with Gasteiger partial charge in [0.25, 0.3) is 0 Å². The molecule has 180 valence electrons. The van der Waals surface area contributed by atoms with Crippen molar-refractivity contribution in [3.8, 4) is 0 Å². The van der Waals surface area contributed by atoms with Crippen LogP contribution < -0.4 is 38.5 Å². The fourth-order valence-electron chi connectivity index (χ4n) is 0.749. The van der Waals surface area contributed by atoms with Gasteiger partial charge in [0.05, 0.1) is 0 Å². The molecule has 15 heteroatoms. The zero-order valence-electron chi connectivity index (χ0n) is 19.6. The Morgan fingerprint density at radius 3 is 0.833 bits per heavy atom. The van der Waals surface area contributed by atoms with Gasteiger partial charge in [-0.1, -0.05) is 0 Å². The molecule has 0 radical (unpaired) electrons. The third kappa shape index (κ3) is 49.7. The number of rotatable bonds is 0. The van der Waals surface area contributed by atoms with Crippen LogP contribution in [0.2, 0.25) is 0 Å². The van der Waals surface area contributed by atoms with Gasteiger partial charge < -0.3 is 53.2 Å². The maximum absolute atomic E-state index is 10.7. The minimum absolute atomic E-state index is 0.0185. The van der Waals surface area contributed by atoms with E-state index in [2.05, 4.69) is 38.5 Å². The lowest BCUT2D eigenvalue weighted by atomic mass is 10.7. The number of hydrogen-bond acceptors (Lipinski definition) is 5. The van der Waals surface area contributed by atoms with E-state index >= 15 is 0 Å². The van der Waals surface area contributed by atoms with E-state index in [9.17, 15) is 19.2 Å². The second-order valence-electron chi connectivity index (χ2n) is 5.37. The Labute approximate surface area is 178 Å².